The van der Waals surface area contributed by atoms with Crippen molar-refractivity contribution in [3.8, 4) is 0 Å². The van der Waals surface area contributed by atoms with Crippen molar-refractivity contribution < 1.29 is 18.4 Å². The molecule has 3 aliphatic rings. The van der Waals surface area contributed by atoms with Crippen molar-refractivity contribution in [2.24, 2.45) is 5.92 Å². The van der Waals surface area contributed by atoms with Crippen LogP contribution in [0.2, 0.25) is 0 Å². The van der Waals surface area contributed by atoms with E-state index in [9.17, 15) is 18.4 Å². The molecule has 0 radical (unpaired) electrons. The summed E-state index contributed by atoms with van der Waals surface area (Å²) in [5, 5.41) is 8.48. The first-order valence-electron chi connectivity index (χ1n) is 11.2. The Bertz CT molecular complexity index is 799. The molecule has 3 fully saturated rings. The molecule has 31 heavy (non-hydrogen) atoms. The van der Waals surface area contributed by atoms with Crippen LogP contribution in [0.15, 0.2) is 12.1 Å². The van der Waals surface area contributed by atoms with Gasteiger partial charge in [-0.2, -0.15) is 0 Å². The monoisotopic (exact) mass is 435 g/mol. The largest absolute Gasteiger partial charge is 0.373 e. The predicted molar refractivity (Wildman–Crippen MR) is 115 cm³/mol. The van der Waals surface area contributed by atoms with E-state index in [0.717, 1.165) is 26.2 Å². The molecule has 7 nitrogen and oxygen atoms in total. The average molecular weight is 436 g/mol. The summed E-state index contributed by atoms with van der Waals surface area (Å²) in [6.45, 7) is 7.09. The van der Waals surface area contributed by atoms with Gasteiger partial charge in [-0.1, -0.05) is 0 Å². The van der Waals surface area contributed by atoms with Gasteiger partial charge in [0, 0.05) is 44.3 Å². The number of nitrogens with zero attached hydrogens (tertiary/aromatic N) is 2. The first-order valence-corrected chi connectivity index (χ1v) is 11.2. The molecule has 3 aliphatic heterocycles. The SMILES string of the molecule is C[C@@H](C1CCNCC1)N1CCN(c2c(F)cc(NC3CCC(=O)NC3=O)cc2F)CC1. The van der Waals surface area contributed by atoms with Crippen molar-refractivity contribution in [2.45, 2.75) is 44.7 Å². The van der Waals surface area contributed by atoms with E-state index in [1.54, 1.807) is 4.90 Å². The summed E-state index contributed by atoms with van der Waals surface area (Å²) in [7, 11) is 0. The fraction of sp³-hybridized carbons (Fsp3) is 0.636. The van der Waals surface area contributed by atoms with Gasteiger partial charge in [-0.05, 0) is 57.3 Å². The lowest BCUT2D eigenvalue weighted by atomic mass is 9.90. The zero-order chi connectivity index (χ0) is 22.0. The number of piperazine rings is 1. The van der Waals surface area contributed by atoms with Gasteiger partial charge in [0.2, 0.25) is 11.8 Å². The van der Waals surface area contributed by atoms with Gasteiger partial charge in [-0.3, -0.25) is 19.8 Å². The summed E-state index contributed by atoms with van der Waals surface area (Å²) in [6.07, 6.45) is 2.85. The van der Waals surface area contributed by atoms with Crippen LogP contribution >= 0.6 is 0 Å². The Morgan fingerprint density at radius 3 is 2.29 bits per heavy atom. The Balaban J connectivity index is 1.38. The molecule has 0 spiro atoms. The highest BCUT2D eigenvalue weighted by Crippen LogP contribution is 2.30. The van der Waals surface area contributed by atoms with Crippen LogP contribution in [0.1, 0.15) is 32.6 Å². The van der Waals surface area contributed by atoms with Crippen LogP contribution in [-0.2, 0) is 9.59 Å². The third-order valence-corrected chi connectivity index (χ3v) is 6.87. The molecule has 9 heteroatoms. The quantitative estimate of drug-likeness (QED) is 0.612. The number of halogens is 2. The average Bonchev–Trinajstić information content (AvgIpc) is 2.76. The third kappa shape index (κ3) is 4.98. The van der Waals surface area contributed by atoms with E-state index in [1.807, 2.05) is 0 Å². The van der Waals surface area contributed by atoms with Crippen molar-refractivity contribution in [1.29, 1.82) is 0 Å². The molecule has 4 rings (SSSR count). The highest BCUT2D eigenvalue weighted by Gasteiger charge is 2.30. The summed E-state index contributed by atoms with van der Waals surface area (Å²) in [4.78, 5) is 27.4. The minimum atomic E-state index is -0.678. The van der Waals surface area contributed by atoms with Gasteiger partial charge in [0.15, 0.2) is 11.6 Å². The van der Waals surface area contributed by atoms with Gasteiger partial charge in [-0.25, -0.2) is 8.78 Å². The third-order valence-electron chi connectivity index (χ3n) is 6.87. The van der Waals surface area contributed by atoms with Crippen LogP contribution in [0, 0.1) is 17.6 Å². The van der Waals surface area contributed by atoms with Gasteiger partial charge < -0.3 is 15.5 Å². The van der Waals surface area contributed by atoms with E-state index < -0.39 is 23.6 Å². The number of piperidine rings is 2. The lowest BCUT2D eigenvalue weighted by molar-refractivity contribution is -0.133. The normalized spacial score (nSPS) is 24.7. The van der Waals surface area contributed by atoms with E-state index >= 15 is 0 Å². The van der Waals surface area contributed by atoms with Gasteiger partial charge in [0.05, 0.1) is 0 Å². The zero-order valence-electron chi connectivity index (χ0n) is 17.9. The number of carbonyl (C=O) groups excluding carboxylic acids is 2. The van der Waals surface area contributed by atoms with Gasteiger partial charge >= 0.3 is 0 Å². The second-order valence-corrected chi connectivity index (χ2v) is 8.79. The molecule has 1 aromatic carbocycles. The van der Waals surface area contributed by atoms with Crippen LogP contribution in [0.5, 0.6) is 0 Å². The van der Waals surface area contributed by atoms with Gasteiger partial charge in [0.25, 0.3) is 0 Å². The Kier molecular flexibility index (Phi) is 6.71. The van der Waals surface area contributed by atoms with Crippen molar-refractivity contribution >= 4 is 23.2 Å². The van der Waals surface area contributed by atoms with E-state index in [-0.39, 0.29) is 23.7 Å². The molecule has 3 saturated heterocycles. The lowest BCUT2D eigenvalue weighted by Gasteiger charge is -2.42. The summed E-state index contributed by atoms with van der Waals surface area (Å²) in [6, 6.07) is 2.25. The molecule has 3 N–H and O–H groups in total. The maximum Gasteiger partial charge on any atom is 0.249 e. The van der Waals surface area contributed by atoms with Crippen molar-refractivity contribution in [3.63, 3.8) is 0 Å². The summed E-state index contributed by atoms with van der Waals surface area (Å²) >= 11 is 0. The van der Waals surface area contributed by atoms with Crippen molar-refractivity contribution in [1.82, 2.24) is 15.5 Å². The summed E-state index contributed by atoms with van der Waals surface area (Å²) < 4.78 is 29.7. The summed E-state index contributed by atoms with van der Waals surface area (Å²) in [5.41, 5.74) is 0.189. The fourth-order valence-electron chi connectivity index (χ4n) is 4.96. The molecular formula is C22H31F2N5O2. The maximum atomic E-state index is 14.9. The van der Waals surface area contributed by atoms with Crippen LogP contribution in [-0.4, -0.2) is 68.1 Å². The number of hydrogen-bond donors (Lipinski definition) is 3. The van der Waals surface area contributed by atoms with E-state index in [4.69, 9.17) is 0 Å². The Labute approximate surface area is 181 Å². The first-order chi connectivity index (χ1) is 14.9. The number of hydrogen-bond acceptors (Lipinski definition) is 6. The van der Waals surface area contributed by atoms with Gasteiger partial charge in [0.1, 0.15) is 11.7 Å². The highest BCUT2D eigenvalue weighted by atomic mass is 19.1. The molecule has 0 aromatic heterocycles. The highest BCUT2D eigenvalue weighted by molar-refractivity contribution is 6.01. The molecule has 0 aliphatic carbocycles. The number of carbonyl (C=O) groups is 2. The molecule has 0 saturated carbocycles. The van der Waals surface area contributed by atoms with Gasteiger partial charge in [-0.15, -0.1) is 0 Å². The molecule has 3 heterocycles. The van der Waals surface area contributed by atoms with Crippen LogP contribution < -0.4 is 20.9 Å². The number of anilines is 2. The molecule has 2 atom stereocenters. The summed E-state index contributed by atoms with van der Waals surface area (Å²) in [5.74, 6) is -1.42. The molecule has 0 bridgehead atoms. The standard InChI is InChI=1S/C22H31F2N5O2/c1-14(15-4-6-25-7-5-15)28-8-10-29(11-9-28)21-17(23)12-16(13-18(21)24)26-19-2-3-20(30)27-22(19)31/h12-15,19,25-26H,2-11H2,1H3,(H,27,30,31)/t14-,19?/m0/s1. The Morgan fingerprint density at radius 1 is 1.03 bits per heavy atom. The minimum Gasteiger partial charge on any atom is -0.373 e. The molecule has 1 aromatic rings. The van der Waals surface area contributed by atoms with Crippen LogP contribution in [0.25, 0.3) is 0 Å². The minimum absolute atomic E-state index is 0.0111. The molecule has 170 valence electrons. The number of nitrogens with one attached hydrogen (secondary N) is 3. The van der Waals surface area contributed by atoms with E-state index in [2.05, 4.69) is 27.8 Å². The second kappa shape index (κ2) is 9.48. The number of amides is 2. The Hall–Kier alpha value is -2.26. The van der Waals surface area contributed by atoms with Crippen LogP contribution in [0.4, 0.5) is 20.2 Å². The van der Waals surface area contributed by atoms with Crippen LogP contribution in [0.3, 0.4) is 0 Å². The maximum absolute atomic E-state index is 14.9. The lowest BCUT2D eigenvalue weighted by Crippen LogP contribution is -2.53. The number of benzene rings is 1. The number of rotatable bonds is 5. The Morgan fingerprint density at radius 2 is 1.68 bits per heavy atom. The van der Waals surface area contributed by atoms with Crippen molar-refractivity contribution in [2.75, 3.05) is 49.5 Å². The number of imide groups is 1. The van der Waals surface area contributed by atoms with E-state index in [0.29, 0.717) is 31.5 Å². The first kappa shape index (κ1) is 22.0. The second-order valence-electron chi connectivity index (χ2n) is 8.79. The smallest absolute Gasteiger partial charge is 0.249 e. The topological polar surface area (TPSA) is 76.7 Å². The molecular weight excluding hydrogens is 404 g/mol. The van der Waals surface area contributed by atoms with Crippen molar-refractivity contribution in [3.05, 3.63) is 23.8 Å². The molecule has 2 amide bonds. The predicted octanol–water partition coefficient (Wildman–Crippen LogP) is 1.69. The fourth-order valence-corrected chi connectivity index (χ4v) is 4.96. The molecule has 1 unspecified atom stereocenters. The van der Waals surface area contributed by atoms with E-state index in [1.165, 1.54) is 25.0 Å². The zero-order valence-corrected chi connectivity index (χ0v) is 17.9.